The number of nitrogens with zero attached hydrogens (tertiary/aromatic N) is 2. The molecule has 2 aromatic carbocycles. The predicted octanol–water partition coefficient (Wildman–Crippen LogP) is 2.37. The Morgan fingerprint density at radius 1 is 1.07 bits per heavy atom. The second-order valence-electron chi connectivity index (χ2n) is 7.31. The van der Waals surface area contributed by atoms with Crippen LogP contribution in [0.4, 0.5) is 0 Å². The summed E-state index contributed by atoms with van der Waals surface area (Å²) in [5, 5.41) is 2.64. The van der Waals surface area contributed by atoms with Crippen LogP contribution in [0.5, 0.6) is 11.5 Å². The summed E-state index contributed by atoms with van der Waals surface area (Å²) >= 11 is 1.47. The largest absolute Gasteiger partial charge is 0.493 e. The van der Waals surface area contributed by atoms with E-state index in [0.29, 0.717) is 17.2 Å². The summed E-state index contributed by atoms with van der Waals surface area (Å²) in [5.74, 6) is 1.33. The average Bonchev–Trinajstić information content (AvgIpc) is 3.29. The van der Waals surface area contributed by atoms with Gasteiger partial charge < -0.3 is 19.3 Å². The molecule has 1 saturated heterocycles. The number of carbonyl (C=O) groups excluding carboxylic acids is 1. The Balaban J connectivity index is 1.39. The van der Waals surface area contributed by atoms with E-state index in [2.05, 4.69) is 29.2 Å². The van der Waals surface area contributed by atoms with Crippen LogP contribution in [-0.4, -0.2) is 56.2 Å². The number of nitrogens with one attached hydrogen (secondary N) is 1. The van der Waals surface area contributed by atoms with Crippen molar-refractivity contribution in [3.63, 3.8) is 0 Å². The second-order valence-corrected chi connectivity index (χ2v) is 8.17. The van der Waals surface area contributed by atoms with Gasteiger partial charge in [0, 0.05) is 16.5 Å². The number of methoxy groups -OCH3 is 2. The summed E-state index contributed by atoms with van der Waals surface area (Å²) in [6.45, 7) is 4.41. The predicted molar refractivity (Wildman–Crippen MR) is 117 cm³/mol. The van der Waals surface area contributed by atoms with E-state index in [1.165, 1.54) is 21.8 Å². The molecule has 0 aliphatic carbocycles. The standard InChI is InChI=1S/C23H25N3O3S/c1-28-20-9-8-18(14-21(20)29-2)22-24-19(16-30-22)23(27)26-12-10-25(11-13-26)15-17-6-4-3-5-7-17/h3-9,14,16H,10-13,15H2,1-2H3/p+1. The monoisotopic (exact) mass is 424 g/mol. The summed E-state index contributed by atoms with van der Waals surface area (Å²) in [6.07, 6.45) is 0. The van der Waals surface area contributed by atoms with E-state index in [9.17, 15) is 4.79 Å². The summed E-state index contributed by atoms with van der Waals surface area (Å²) in [4.78, 5) is 21.0. The van der Waals surface area contributed by atoms with Gasteiger partial charge in [-0.1, -0.05) is 30.3 Å². The van der Waals surface area contributed by atoms with Crippen LogP contribution in [0.2, 0.25) is 0 Å². The van der Waals surface area contributed by atoms with Crippen LogP contribution < -0.4 is 14.4 Å². The molecular weight excluding hydrogens is 398 g/mol. The summed E-state index contributed by atoms with van der Waals surface area (Å²) < 4.78 is 10.7. The lowest BCUT2D eigenvalue weighted by molar-refractivity contribution is -0.917. The van der Waals surface area contributed by atoms with Crippen LogP contribution in [0.3, 0.4) is 0 Å². The van der Waals surface area contributed by atoms with Crippen LogP contribution in [0.15, 0.2) is 53.9 Å². The first-order valence-corrected chi connectivity index (χ1v) is 10.9. The molecule has 0 unspecified atom stereocenters. The molecule has 0 radical (unpaired) electrons. The molecule has 6 nitrogen and oxygen atoms in total. The summed E-state index contributed by atoms with van der Waals surface area (Å²) in [7, 11) is 3.22. The lowest BCUT2D eigenvalue weighted by atomic mass is 10.2. The molecule has 1 N–H and O–H groups in total. The molecule has 2 heterocycles. The number of carbonyl (C=O) groups is 1. The molecule has 7 heteroatoms. The number of thiazole rings is 1. The molecule has 3 aromatic rings. The first-order valence-electron chi connectivity index (χ1n) is 10.0. The van der Waals surface area contributed by atoms with E-state index in [0.717, 1.165) is 43.3 Å². The van der Waals surface area contributed by atoms with Crippen LogP contribution >= 0.6 is 11.3 Å². The number of quaternary nitrogens is 1. The van der Waals surface area contributed by atoms with E-state index in [1.807, 2.05) is 34.5 Å². The molecule has 1 aromatic heterocycles. The third-order valence-electron chi connectivity index (χ3n) is 5.41. The molecule has 4 rings (SSSR count). The number of amides is 1. The minimum absolute atomic E-state index is 0.0109. The van der Waals surface area contributed by atoms with E-state index < -0.39 is 0 Å². The zero-order chi connectivity index (χ0) is 20.9. The topological polar surface area (TPSA) is 56.1 Å². The smallest absolute Gasteiger partial charge is 0.273 e. The molecule has 0 bridgehead atoms. The lowest BCUT2D eigenvalue weighted by Crippen LogP contribution is -3.13. The quantitative estimate of drug-likeness (QED) is 0.660. The van der Waals surface area contributed by atoms with Crippen molar-refractivity contribution in [3.05, 3.63) is 65.2 Å². The molecule has 0 atom stereocenters. The summed E-state index contributed by atoms with van der Waals surface area (Å²) in [5.41, 5.74) is 2.76. The molecule has 156 valence electrons. The Bertz CT molecular complexity index is 998. The fourth-order valence-corrected chi connectivity index (χ4v) is 4.51. The molecule has 0 saturated carbocycles. The highest BCUT2D eigenvalue weighted by Crippen LogP contribution is 2.33. The molecule has 1 fully saturated rings. The number of benzene rings is 2. The van der Waals surface area contributed by atoms with Gasteiger partial charge in [-0.15, -0.1) is 11.3 Å². The van der Waals surface area contributed by atoms with Crippen LogP contribution in [0, 0.1) is 0 Å². The maximum atomic E-state index is 12.9. The zero-order valence-electron chi connectivity index (χ0n) is 17.3. The van der Waals surface area contributed by atoms with Crippen molar-refractivity contribution in [2.24, 2.45) is 0 Å². The second kappa shape index (κ2) is 9.28. The van der Waals surface area contributed by atoms with Crippen LogP contribution in [-0.2, 0) is 6.54 Å². The fraction of sp³-hybridized carbons (Fsp3) is 0.304. The van der Waals surface area contributed by atoms with Crippen molar-refractivity contribution < 1.29 is 19.2 Å². The van der Waals surface area contributed by atoms with Gasteiger partial charge in [-0.25, -0.2) is 4.98 Å². The Hall–Kier alpha value is -2.90. The van der Waals surface area contributed by atoms with Gasteiger partial charge in [0.1, 0.15) is 17.2 Å². The van der Waals surface area contributed by atoms with Gasteiger partial charge in [0.15, 0.2) is 11.5 Å². The van der Waals surface area contributed by atoms with E-state index >= 15 is 0 Å². The normalized spacial score (nSPS) is 14.5. The van der Waals surface area contributed by atoms with Gasteiger partial charge in [-0.2, -0.15) is 0 Å². The molecule has 30 heavy (non-hydrogen) atoms. The van der Waals surface area contributed by atoms with E-state index in [-0.39, 0.29) is 5.91 Å². The first kappa shape index (κ1) is 20.4. The summed E-state index contributed by atoms with van der Waals surface area (Å²) in [6, 6.07) is 16.2. The van der Waals surface area contributed by atoms with Gasteiger partial charge in [0.05, 0.1) is 40.4 Å². The SMILES string of the molecule is COc1ccc(-c2nc(C(=O)N3CC[NH+](Cc4ccccc4)CC3)cs2)cc1OC. The van der Waals surface area contributed by atoms with Crippen LogP contribution in [0.1, 0.15) is 16.1 Å². The van der Waals surface area contributed by atoms with Crippen molar-refractivity contribution in [2.45, 2.75) is 6.54 Å². The lowest BCUT2D eigenvalue weighted by Gasteiger charge is -2.31. The van der Waals surface area contributed by atoms with Crippen molar-refractivity contribution in [3.8, 4) is 22.1 Å². The van der Waals surface area contributed by atoms with Crippen molar-refractivity contribution in [1.82, 2.24) is 9.88 Å². The Labute approximate surface area is 180 Å². The Kier molecular flexibility index (Phi) is 6.30. The first-order chi connectivity index (χ1) is 14.7. The van der Waals surface area contributed by atoms with Crippen molar-refractivity contribution in [2.75, 3.05) is 40.4 Å². The minimum Gasteiger partial charge on any atom is -0.493 e. The maximum absolute atomic E-state index is 12.9. The van der Waals surface area contributed by atoms with Gasteiger partial charge >= 0.3 is 0 Å². The fourth-order valence-electron chi connectivity index (χ4n) is 3.72. The Morgan fingerprint density at radius 3 is 2.50 bits per heavy atom. The average molecular weight is 425 g/mol. The minimum atomic E-state index is 0.0109. The van der Waals surface area contributed by atoms with E-state index in [4.69, 9.17) is 9.47 Å². The van der Waals surface area contributed by atoms with Gasteiger partial charge in [-0.3, -0.25) is 4.79 Å². The van der Waals surface area contributed by atoms with Crippen molar-refractivity contribution in [1.29, 1.82) is 0 Å². The number of rotatable bonds is 6. The van der Waals surface area contributed by atoms with Crippen molar-refractivity contribution >= 4 is 17.2 Å². The zero-order valence-corrected chi connectivity index (χ0v) is 18.1. The number of hydrogen-bond acceptors (Lipinski definition) is 5. The molecule has 1 aliphatic heterocycles. The number of piperazine rings is 1. The molecule has 1 aliphatic rings. The highest BCUT2D eigenvalue weighted by molar-refractivity contribution is 7.13. The van der Waals surface area contributed by atoms with Gasteiger partial charge in [0.25, 0.3) is 5.91 Å². The highest BCUT2D eigenvalue weighted by Gasteiger charge is 2.26. The molecule has 1 amide bonds. The van der Waals surface area contributed by atoms with Crippen LogP contribution in [0.25, 0.3) is 10.6 Å². The highest BCUT2D eigenvalue weighted by atomic mass is 32.1. The number of hydrogen-bond donors (Lipinski definition) is 1. The van der Waals surface area contributed by atoms with E-state index in [1.54, 1.807) is 14.2 Å². The van der Waals surface area contributed by atoms with Gasteiger partial charge in [0.2, 0.25) is 0 Å². The number of aromatic nitrogens is 1. The Morgan fingerprint density at radius 2 is 1.80 bits per heavy atom. The molecule has 0 spiro atoms. The third-order valence-corrected chi connectivity index (χ3v) is 6.30. The maximum Gasteiger partial charge on any atom is 0.273 e. The third kappa shape index (κ3) is 4.47. The number of ether oxygens (including phenoxy) is 2. The molecular formula is C23H26N3O3S+. The van der Waals surface area contributed by atoms with Gasteiger partial charge in [-0.05, 0) is 18.2 Å².